The number of hydrogen-bond donors (Lipinski definition) is 1. The highest BCUT2D eigenvalue weighted by molar-refractivity contribution is 5.77. The van der Waals surface area contributed by atoms with Crippen molar-refractivity contribution in [3.63, 3.8) is 0 Å². The van der Waals surface area contributed by atoms with Gasteiger partial charge in [-0.2, -0.15) is 0 Å². The topological polar surface area (TPSA) is 59.8 Å². The average molecular weight is 384 g/mol. The third-order valence-electron chi connectivity index (χ3n) is 5.02. The van der Waals surface area contributed by atoms with E-state index in [0.29, 0.717) is 19.4 Å². The monoisotopic (exact) mass is 384 g/mol. The van der Waals surface area contributed by atoms with Crippen LogP contribution in [-0.2, 0) is 17.8 Å². The molecule has 2 aromatic carbocycles. The fraction of sp³-hybridized carbons (Fsp3) is 0.208. The average Bonchev–Trinajstić information content (AvgIpc) is 3.11. The predicted molar refractivity (Wildman–Crippen MR) is 114 cm³/mol. The number of amides is 1. The summed E-state index contributed by atoms with van der Waals surface area (Å²) in [7, 11) is 0. The van der Waals surface area contributed by atoms with E-state index in [-0.39, 0.29) is 11.9 Å². The lowest BCUT2D eigenvalue weighted by Gasteiger charge is -2.14. The second-order valence-electron chi connectivity index (χ2n) is 7.15. The van der Waals surface area contributed by atoms with E-state index in [2.05, 4.69) is 27.0 Å². The van der Waals surface area contributed by atoms with Crippen LogP contribution in [-0.4, -0.2) is 20.4 Å². The first-order valence-corrected chi connectivity index (χ1v) is 9.89. The van der Waals surface area contributed by atoms with Gasteiger partial charge in [0.25, 0.3) is 0 Å². The molecule has 5 heteroatoms. The van der Waals surface area contributed by atoms with Gasteiger partial charge < -0.3 is 9.88 Å². The molecule has 0 aliphatic rings. The van der Waals surface area contributed by atoms with Crippen molar-refractivity contribution in [1.29, 1.82) is 0 Å². The van der Waals surface area contributed by atoms with Crippen molar-refractivity contribution in [3.8, 4) is 0 Å². The van der Waals surface area contributed by atoms with Gasteiger partial charge in [0.15, 0.2) is 5.65 Å². The van der Waals surface area contributed by atoms with Gasteiger partial charge >= 0.3 is 0 Å². The summed E-state index contributed by atoms with van der Waals surface area (Å²) in [5.74, 6) is 0.901. The predicted octanol–water partition coefficient (Wildman–Crippen LogP) is 4.29. The summed E-state index contributed by atoms with van der Waals surface area (Å²) < 4.78 is 2.11. The molecule has 0 bridgehead atoms. The van der Waals surface area contributed by atoms with E-state index in [9.17, 15) is 4.79 Å². The zero-order valence-corrected chi connectivity index (χ0v) is 16.5. The fourth-order valence-electron chi connectivity index (χ4n) is 3.49. The molecule has 1 unspecified atom stereocenters. The van der Waals surface area contributed by atoms with E-state index < -0.39 is 0 Å². The molecule has 0 saturated heterocycles. The number of imidazole rings is 1. The van der Waals surface area contributed by atoms with Gasteiger partial charge in [-0.15, -0.1) is 0 Å². The standard InChI is InChI=1S/C24H24N4O/c1-18(20-11-6-3-7-12-20)26-23(29)15-14-22-27-21-13-8-16-25-24(21)28(22)17-19-9-4-2-5-10-19/h2-13,16,18H,14-15,17H2,1H3,(H,26,29). The van der Waals surface area contributed by atoms with Crippen LogP contribution < -0.4 is 5.32 Å². The fourth-order valence-corrected chi connectivity index (χ4v) is 3.49. The highest BCUT2D eigenvalue weighted by Crippen LogP contribution is 2.18. The lowest BCUT2D eigenvalue weighted by Crippen LogP contribution is -2.27. The Balaban J connectivity index is 1.49. The maximum Gasteiger partial charge on any atom is 0.220 e. The van der Waals surface area contributed by atoms with Crippen LogP contribution in [0.5, 0.6) is 0 Å². The van der Waals surface area contributed by atoms with Crippen molar-refractivity contribution in [2.45, 2.75) is 32.4 Å². The largest absolute Gasteiger partial charge is 0.350 e. The number of nitrogens with zero attached hydrogens (tertiary/aromatic N) is 3. The highest BCUT2D eigenvalue weighted by Gasteiger charge is 2.15. The Morgan fingerprint density at radius 1 is 1.00 bits per heavy atom. The Kier molecular flexibility index (Phi) is 5.66. The maximum atomic E-state index is 12.5. The molecule has 2 aromatic heterocycles. The molecule has 2 heterocycles. The molecular formula is C24H24N4O. The molecule has 1 N–H and O–H groups in total. The van der Waals surface area contributed by atoms with Gasteiger partial charge in [0, 0.05) is 19.0 Å². The Bertz CT molecular complexity index is 1090. The molecule has 0 spiro atoms. The molecule has 0 radical (unpaired) electrons. The molecule has 0 aliphatic carbocycles. The van der Waals surface area contributed by atoms with Crippen LogP contribution in [0.25, 0.3) is 11.2 Å². The summed E-state index contributed by atoms with van der Waals surface area (Å²) in [5.41, 5.74) is 3.99. The maximum absolute atomic E-state index is 12.5. The minimum atomic E-state index is -0.0199. The van der Waals surface area contributed by atoms with Crippen LogP contribution in [0.15, 0.2) is 79.0 Å². The summed E-state index contributed by atoms with van der Waals surface area (Å²) >= 11 is 0. The molecule has 0 fully saturated rings. The Hall–Kier alpha value is -3.47. The first kappa shape index (κ1) is 18.9. The molecule has 29 heavy (non-hydrogen) atoms. The Morgan fingerprint density at radius 2 is 1.72 bits per heavy atom. The van der Waals surface area contributed by atoms with Crippen LogP contribution >= 0.6 is 0 Å². The van der Waals surface area contributed by atoms with Gasteiger partial charge in [-0.05, 0) is 30.2 Å². The third kappa shape index (κ3) is 4.51. The number of hydrogen-bond acceptors (Lipinski definition) is 3. The molecule has 1 amide bonds. The lowest BCUT2D eigenvalue weighted by atomic mass is 10.1. The Morgan fingerprint density at radius 3 is 2.48 bits per heavy atom. The number of pyridine rings is 1. The van der Waals surface area contributed by atoms with Gasteiger partial charge in [-0.3, -0.25) is 4.79 Å². The number of benzene rings is 2. The second-order valence-corrected chi connectivity index (χ2v) is 7.15. The van der Waals surface area contributed by atoms with Crippen LogP contribution in [0.1, 0.15) is 36.3 Å². The minimum absolute atomic E-state index is 0.0199. The zero-order valence-electron chi connectivity index (χ0n) is 16.5. The summed E-state index contributed by atoms with van der Waals surface area (Å²) in [6.45, 7) is 2.69. The zero-order chi connectivity index (χ0) is 20.1. The molecule has 0 aliphatic heterocycles. The number of carbonyl (C=O) groups is 1. The van der Waals surface area contributed by atoms with Crippen molar-refractivity contribution < 1.29 is 4.79 Å². The molecule has 5 nitrogen and oxygen atoms in total. The quantitative estimate of drug-likeness (QED) is 0.517. The summed E-state index contributed by atoms with van der Waals surface area (Å²) in [6, 6.07) is 24.1. The van der Waals surface area contributed by atoms with E-state index in [1.807, 2.05) is 67.6 Å². The van der Waals surface area contributed by atoms with E-state index in [1.165, 1.54) is 5.56 Å². The normalized spacial score (nSPS) is 12.0. The highest BCUT2D eigenvalue weighted by atomic mass is 16.1. The number of aromatic nitrogens is 3. The van der Waals surface area contributed by atoms with Gasteiger partial charge in [0.2, 0.25) is 5.91 Å². The number of nitrogens with one attached hydrogen (secondary N) is 1. The number of carbonyl (C=O) groups excluding carboxylic acids is 1. The number of rotatable bonds is 7. The molecule has 146 valence electrons. The summed E-state index contributed by atoms with van der Waals surface area (Å²) in [5, 5.41) is 3.08. The van der Waals surface area contributed by atoms with Crippen molar-refractivity contribution in [2.75, 3.05) is 0 Å². The van der Waals surface area contributed by atoms with Crippen molar-refractivity contribution in [2.24, 2.45) is 0 Å². The molecule has 4 rings (SSSR count). The SMILES string of the molecule is CC(NC(=O)CCc1nc2cccnc2n1Cc1ccccc1)c1ccccc1. The van der Waals surface area contributed by atoms with Crippen molar-refractivity contribution >= 4 is 17.1 Å². The Labute approximate surface area is 170 Å². The van der Waals surface area contributed by atoms with Crippen LogP contribution in [0, 0.1) is 0 Å². The summed E-state index contributed by atoms with van der Waals surface area (Å²) in [6.07, 6.45) is 2.73. The molecule has 4 aromatic rings. The van der Waals surface area contributed by atoms with Crippen molar-refractivity contribution in [1.82, 2.24) is 19.9 Å². The van der Waals surface area contributed by atoms with E-state index in [0.717, 1.165) is 22.6 Å². The van der Waals surface area contributed by atoms with Crippen molar-refractivity contribution in [3.05, 3.63) is 95.9 Å². The van der Waals surface area contributed by atoms with Crippen LogP contribution in [0.3, 0.4) is 0 Å². The van der Waals surface area contributed by atoms with Crippen LogP contribution in [0.2, 0.25) is 0 Å². The number of fused-ring (bicyclic) bond motifs is 1. The first-order chi connectivity index (χ1) is 14.2. The van der Waals surface area contributed by atoms with E-state index in [1.54, 1.807) is 6.20 Å². The van der Waals surface area contributed by atoms with Crippen LogP contribution in [0.4, 0.5) is 0 Å². The minimum Gasteiger partial charge on any atom is -0.350 e. The van der Waals surface area contributed by atoms with Gasteiger partial charge in [-0.25, -0.2) is 9.97 Å². The van der Waals surface area contributed by atoms with E-state index >= 15 is 0 Å². The third-order valence-corrected chi connectivity index (χ3v) is 5.02. The van der Waals surface area contributed by atoms with Gasteiger partial charge in [-0.1, -0.05) is 60.7 Å². The van der Waals surface area contributed by atoms with E-state index in [4.69, 9.17) is 4.98 Å². The van der Waals surface area contributed by atoms with Gasteiger partial charge in [0.05, 0.1) is 12.6 Å². The smallest absolute Gasteiger partial charge is 0.220 e. The molecule has 0 saturated carbocycles. The molecule has 1 atom stereocenters. The lowest BCUT2D eigenvalue weighted by molar-refractivity contribution is -0.121. The second kappa shape index (κ2) is 8.69. The number of aryl methyl sites for hydroxylation is 1. The molecular weight excluding hydrogens is 360 g/mol. The summed E-state index contributed by atoms with van der Waals surface area (Å²) in [4.78, 5) is 21.8. The van der Waals surface area contributed by atoms with Gasteiger partial charge in [0.1, 0.15) is 11.3 Å². The first-order valence-electron chi connectivity index (χ1n) is 9.89.